The van der Waals surface area contributed by atoms with E-state index in [1.165, 1.54) is 7.11 Å². The van der Waals surface area contributed by atoms with Crippen LogP contribution in [0.4, 0.5) is 10.1 Å². The fraction of sp³-hybridized carbons (Fsp3) is 0.400. The largest absolute Gasteiger partial charge is 0.395 e. The lowest BCUT2D eigenvalue weighted by atomic mass is 10.3. The van der Waals surface area contributed by atoms with E-state index in [0.29, 0.717) is 6.07 Å². The number of methoxy groups -OCH3 is 1. The summed E-state index contributed by atoms with van der Waals surface area (Å²) in [7, 11) is -2.98. The Kier molecular flexibility index (Phi) is 5.51. The topological polar surface area (TPSA) is 119 Å². The number of aliphatic hydroxyl groups excluding tert-OH is 1. The van der Waals surface area contributed by atoms with Crippen LogP contribution in [0, 0.1) is 15.9 Å². The minimum absolute atomic E-state index is 0.120. The number of rotatable bonds is 7. The van der Waals surface area contributed by atoms with Crippen molar-refractivity contribution in [3.63, 3.8) is 0 Å². The predicted molar refractivity (Wildman–Crippen MR) is 66.1 cm³/mol. The number of aliphatic hydroxyl groups is 1. The van der Waals surface area contributed by atoms with E-state index in [2.05, 4.69) is 0 Å². The van der Waals surface area contributed by atoms with Crippen molar-refractivity contribution in [1.82, 2.24) is 4.72 Å². The third kappa shape index (κ3) is 3.93. The molecule has 20 heavy (non-hydrogen) atoms. The number of halogens is 1. The highest BCUT2D eigenvalue weighted by molar-refractivity contribution is 7.89. The van der Waals surface area contributed by atoms with E-state index in [9.17, 15) is 22.9 Å². The molecule has 0 spiro atoms. The van der Waals surface area contributed by atoms with Gasteiger partial charge >= 0.3 is 0 Å². The maximum Gasteiger partial charge on any atom is 0.292 e. The molecule has 0 fully saturated rings. The third-order valence-corrected chi connectivity index (χ3v) is 3.89. The van der Waals surface area contributed by atoms with E-state index in [0.717, 1.165) is 12.1 Å². The first-order valence-corrected chi connectivity index (χ1v) is 6.86. The van der Waals surface area contributed by atoms with Crippen molar-refractivity contribution in [3.05, 3.63) is 34.1 Å². The van der Waals surface area contributed by atoms with Gasteiger partial charge in [0.05, 0.1) is 30.2 Å². The van der Waals surface area contributed by atoms with Crippen LogP contribution in [-0.2, 0) is 14.8 Å². The van der Waals surface area contributed by atoms with Gasteiger partial charge in [-0.15, -0.1) is 0 Å². The van der Waals surface area contributed by atoms with Gasteiger partial charge in [-0.1, -0.05) is 0 Å². The molecule has 1 atom stereocenters. The Balaban J connectivity index is 3.18. The molecule has 0 heterocycles. The van der Waals surface area contributed by atoms with Crippen molar-refractivity contribution in [2.24, 2.45) is 0 Å². The minimum atomic E-state index is -4.28. The maximum atomic E-state index is 13.0. The second-order valence-electron chi connectivity index (χ2n) is 3.83. The highest BCUT2D eigenvalue weighted by Gasteiger charge is 2.28. The zero-order valence-electron chi connectivity index (χ0n) is 10.4. The molecule has 0 amide bonds. The van der Waals surface area contributed by atoms with Gasteiger partial charge in [0.1, 0.15) is 5.82 Å². The zero-order valence-corrected chi connectivity index (χ0v) is 11.3. The van der Waals surface area contributed by atoms with Crippen LogP contribution < -0.4 is 4.72 Å². The lowest BCUT2D eigenvalue weighted by Gasteiger charge is -2.15. The number of hydrogen-bond donors (Lipinski definition) is 2. The molecule has 1 aromatic carbocycles. The number of hydrogen-bond acceptors (Lipinski definition) is 6. The summed E-state index contributed by atoms with van der Waals surface area (Å²) < 4.78 is 43.7. The summed E-state index contributed by atoms with van der Waals surface area (Å²) in [6, 6.07) is 1.14. The van der Waals surface area contributed by atoms with Crippen molar-refractivity contribution in [3.8, 4) is 0 Å². The van der Waals surface area contributed by atoms with Gasteiger partial charge in [0.15, 0.2) is 4.90 Å². The first-order valence-electron chi connectivity index (χ1n) is 5.38. The maximum absolute atomic E-state index is 13.0. The van der Waals surface area contributed by atoms with Gasteiger partial charge in [-0.05, 0) is 12.1 Å². The van der Waals surface area contributed by atoms with Crippen molar-refractivity contribution < 1.29 is 27.6 Å². The average molecular weight is 308 g/mol. The van der Waals surface area contributed by atoms with E-state index >= 15 is 0 Å². The van der Waals surface area contributed by atoms with Gasteiger partial charge in [0.25, 0.3) is 5.69 Å². The van der Waals surface area contributed by atoms with Crippen LogP contribution in [0.15, 0.2) is 23.1 Å². The summed E-state index contributed by atoms with van der Waals surface area (Å²) >= 11 is 0. The summed E-state index contributed by atoms with van der Waals surface area (Å²) in [4.78, 5) is 9.09. The SMILES string of the molecule is COCC(CO)NS(=O)(=O)c1ccc(F)cc1[N+](=O)[O-]. The Labute approximate surface area is 114 Å². The van der Waals surface area contributed by atoms with Crippen LogP contribution in [0.3, 0.4) is 0 Å². The van der Waals surface area contributed by atoms with Gasteiger partial charge < -0.3 is 9.84 Å². The molecule has 1 rings (SSSR count). The number of nitrogens with zero attached hydrogens (tertiary/aromatic N) is 1. The highest BCUT2D eigenvalue weighted by Crippen LogP contribution is 2.24. The Morgan fingerprint density at radius 2 is 2.20 bits per heavy atom. The van der Waals surface area contributed by atoms with Crippen LogP contribution >= 0.6 is 0 Å². The van der Waals surface area contributed by atoms with Gasteiger partial charge in [0, 0.05) is 7.11 Å². The average Bonchev–Trinajstić information content (AvgIpc) is 2.37. The van der Waals surface area contributed by atoms with E-state index in [4.69, 9.17) is 9.84 Å². The van der Waals surface area contributed by atoms with Crippen molar-refractivity contribution in [1.29, 1.82) is 0 Å². The molecule has 0 aliphatic carbocycles. The Hall–Kier alpha value is -1.62. The summed E-state index contributed by atoms with van der Waals surface area (Å²) in [5.74, 6) is -0.925. The van der Waals surface area contributed by atoms with Crippen molar-refractivity contribution in [2.75, 3.05) is 20.3 Å². The summed E-state index contributed by atoms with van der Waals surface area (Å²) in [5.41, 5.74) is -0.883. The number of benzene rings is 1. The normalized spacial score (nSPS) is 13.2. The van der Waals surface area contributed by atoms with Crippen molar-refractivity contribution in [2.45, 2.75) is 10.9 Å². The van der Waals surface area contributed by atoms with Gasteiger partial charge in [-0.2, -0.15) is 0 Å². The zero-order chi connectivity index (χ0) is 15.3. The fourth-order valence-corrected chi connectivity index (χ4v) is 2.83. The molecule has 0 aliphatic rings. The Morgan fingerprint density at radius 3 is 2.70 bits per heavy atom. The van der Waals surface area contributed by atoms with E-state index in [-0.39, 0.29) is 6.61 Å². The predicted octanol–water partition coefficient (Wildman–Crippen LogP) is 0.0195. The molecular weight excluding hydrogens is 295 g/mol. The molecule has 0 saturated heterocycles. The number of nitro benzene ring substituents is 1. The summed E-state index contributed by atoms with van der Waals surface area (Å²) in [5, 5.41) is 19.8. The molecule has 1 unspecified atom stereocenters. The van der Waals surface area contributed by atoms with Crippen LogP contribution in [0.2, 0.25) is 0 Å². The molecule has 0 aliphatic heterocycles. The second kappa shape index (κ2) is 6.70. The number of nitrogens with one attached hydrogen (secondary N) is 1. The van der Waals surface area contributed by atoms with E-state index in [1.54, 1.807) is 0 Å². The monoisotopic (exact) mass is 308 g/mol. The van der Waals surface area contributed by atoms with Crippen LogP contribution in [0.5, 0.6) is 0 Å². The number of ether oxygens (including phenoxy) is 1. The van der Waals surface area contributed by atoms with Crippen molar-refractivity contribution >= 4 is 15.7 Å². The molecule has 8 nitrogen and oxygen atoms in total. The summed E-state index contributed by atoms with van der Waals surface area (Å²) in [6.45, 7) is -0.674. The van der Waals surface area contributed by atoms with E-state index in [1.807, 2.05) is 4.72 Å². The molecular formula is C10H13FN2O6S. The third-order valence-electron chi connectivity index (χ3n) is 2.32. The molecule has 0 saturated carbocycles. The second-order valence-corrected chi connectivity index (χ2v) is 5.51. The van der Waals surface area contributed by atoms with Gasteiger partial charge in [-0.25, -0.2) is 17.5 Å². The molecule has 112 valence electrons. The number of nitro groups is 1. The molecule has 0 bridgehead atoms. The van der Waals surface area contributed by atoms with E-state index < -0.39 is 44.0 Å². The first-order chi connectivity index (χ1) is 9.31. The first kappa shape index (κ1) is 16.4. The van der Waals surface area contributed by atoms with Gasteiger partial charge in [-0.3, -0.25) is 10.1 Å². The Morgan fingerprint density at radius 1 is 1.55 bits per heavy atom. The minimum Gasteiger partial charge on any atom is -0.395 e. The number of sulfonamides is 1. The smallest absolute Gasteiger partial charge is 0.292 e. The quantitative estimate of drug-likeness (QED) is 0.541. The summed E-state index contributed by atoms with van der Waals surface area (Å²) in [6.07, 6.45) is 0. The molecule has 10 heteroatoms. The van der Waals surface area contributed by atoms with Crippen LogP contribution in [0.1, 0.15) is 0 Å². The molecule has 0 aromatic heterocycles. The highest BCUT2D eigenvalue weighted by atomic mass is 32.2. The molecule has 1 aromatic rings. The molecule has 0 radical (unpaired) electrons. The molecule has 2 N–H and O–H groups in total. The lowest BCUT2D eigenvalue weighted by Crippen LogP contribution is -2.40. The lowest BCUT2D eigenvalue weighted by molar-refractivity contribution is -0.388. The van der Waals surface area contributed by atoms with Crippen LogP contribution in [0.25, 0.3) is 0 Å². The Bertz CT molecular complexity index is 591. The van der Waals surface area contributed by atoms with Crippen LogP contribution in [-0.4, -0.2) is 44.8 Å². The fourth-order valence-electron chi connectivity index (χ4n) is 1.47. The van der Waals surface area contributed by atoms with Gasteiger partial charge in [0.2, 0.25) is 10.0 Å². The standard InChI is InChI=1S/C10H13FN2O6S/c1-19-6-8(5-14)12-20(17,18)10-3-2-7(11)4-9(10)13(15)16/h2-4,8,12,14H,5-6H2,1H3.